The van der Waals surface area contributed by atoms with Gasteiger partial charge in [0, 0.05) is 9.13 Å². The van der Waals surface area contributed by atoms with Crippen LogP contribution in [0, 0.1) is 3.57 Å². The Hall–Kier alpha value is -0.810. The number of furan rings is 1. The molecule has 2 nitrogen and oxygen atoms in total. The highest BCUT2D eigenvalue weighted by Gasteiger charge is 2.10. The first-order valence-corrected chi connectivity index (χ1v) is 7.37. The average molecular weight is 355 g/mol. The summed E-state index contributed by atoms with van der Waals surface area (Å²) in [5.41, 5.74) is 1.13. The molecule has 1 N–H and O–H groups in total. The fourth-order valence-corrected chi connectivity index (χ4v) is 2.18. The van der Waals surface area contributed by atoms with Crippen molar-refractivity contribution in [1.29, 1.82) is 0 Å². The Morgan fingerprint density at radius 2 is 1.89 bits per heavy atom. The van der Waals surface area contributed by atoms with Gasteiger partial charge in [0.15, 0.2) is 0 Å². The third-order valence-electron chi connectivity index (χ3n) is 2.88. The summed E-state index contributed by atoms with van der Waals surface area (Å²) in [6.07, 6.45) is 1.13. The van der Waals surface area contributed by atoms with Crippen molar-refractivity contribution < 1.29 is 4.42 Å². The molecule has 1 aromatic heterocycles. The van der Waals surface area contributed by atoms with Crippen LogP contribution in [0.15, 0.2) is 40.8 Å². The van der Waals surface area contributed by atoms with Crippen LogP contribution in [-0.4, -0.2) is 6.54 Å². The number of hydrogen-bond acceptors (Lipinski definition) is 2. The van der Waals surface area contributed by atoms with E-state index >= 15 is 0 Å². The number of halogens is 1. The van der Waals surface area contributed by atoms with E-state index in [1.54, 1.807) is 0 Å². The molecular weight excluding hydrogens is 337 g/mol. The first-order valence-electron chi connectivity index (χ1n) is 6.29. The summed E-state index contributed by atoms with van der Waals surface area (Å²) in [5.74, 6) is 1.93. The molecule has 96 valence electrons. The summed E-state index contributed by atoms with van der Waals surface area (Å²) >= 11 is 2.31. The molecular formula is C15H18INO. The smallest absolute Gasteiger partial charge is 0.134 e. The van der Waals surface area contributed by atoms with Crippen molar-refractivity contribution >= 4 is 22.6 Å². The topological polar surface area (TPSA) is 25.2 Å². The lowest BCUT2D eigenvalue weighted by atomic mass is 10.2. The van der Waals surface area contributed by atoms with Gasteiger partial charge in [-0.15, -0.1) is 0 Å². The summed E-state index contributed by atoms with van der Waals surface area (Å²) in [6.45, 7) is 5.31. The van der Waals surface area contributed by atoms with Gasteiger partial charge in [-0.05, 0) is 66.7 Å². The zero-order valence-electron chi connectivity index (χ0n) is 10.7. The summed E-state index contributed by atoms with van der Waals surface area (Å²) in [5, 5.41) is 3.43. The molecule has 1 aromatic carbocycles. The van der Waals surface area contributed by atoms with Crippen LogP contribution in [0.1, 0.15) is 32.1 Å². The second-order valence-corrected chi connectivity index (χ2v) is 5.63. The van der Waals surface area contributed by atoms with Gasteiger partial charge in [-0.1, -0.05) is 19.1 Å². The van der Waals surface area contributed by atoms with Crippen LogP contribution in [-0.2, 0) is 0 Å². The van der Waals surface area contributed by atoms with Crippen molar-refractivity contribution in [3.63, 3.8) is 0 Å². The number of benzene rings is 1. The van der Waals surface area contributed by atoms with Crippen LogP contribution in [0.3, 0.4) is 0 Å². The van der Waals surface area contributed by atoms with Crippen molar-refractivity contribution in [3.05, 3.63) is 45.7 Å². The van der Waals surface area contributed by atoms with Crippen LogP contribution in [0.5, 0.6) is 0 Å². The van der Waals surface area contributed by atoms with Crippen molar-refractivity contribution in [2.75, 3.05) is 6.54 Å². The monoisotopic (exact) mass is 355 g/mol. The molecule has 0 aliphatic rings. The van der Waals surface area contributed by atoms with Crippen molar-refractivity contribution in [1.82, 2.24) is 5.32 Å². The Morgan fingerprint density at radius 1 is 1.17 bits per heavy atom. The van der Waals surface area contributed by atoms with E-state index in [-0.39, 0.29) is 6.04 Å². The largest absolute Gasteiger partial charge is 0.459 e. The Kier molecular flexibility index (Phi) is 4.83. The molecule has 3 heteroatoms. The van der Waals surface area contributed by atoms with Gasteiger partial charge in [-0.25, -0.2) is 0 Å². The molecule has 2 aromatic rings. The van der Waals surface area contributed by atoms with Crippen molar-refractivity contribution in [3.8, 4) is 11.3 Å². The first kappa shape index (κ1) is 13.6. The molecule has 0 spiro atoms. The third-order valence-corrected chi connectivity index (χ3v) is 3.60. The van der Waals surface area contributed by atoms with E-state index in [1.165, 1.54) is 3.57 Å². The molecule has 0 fully saturated rings. The predicted octanol–water partition coefficient (Wildman–Crippen LogP) is 4.61. The standard InChI is InChI=1S/C15H18INO/c1-3-10-17-11(2)14-8-9-15(18-14)12-4-6-13(16)7-5-12/h4-9,11,17H,3,10H2,1-2H3. The maximum Gasteiger partial charge on any atom is 0.134 e. The lowest BCUT2D eigenvalue weighted by molar-refractivity contribution is 0.439. The molecule has 2 rings (SSSR count). The van der Waals surface area contributed by atoms with Crippen LogP contribution in [0.2, 0.25) is 0 Å². The first-order chi connectivity index (χ1) is 8.70. The van der Waals surface area contributed by atoms with Crippen LogP contribution < -0.4 is 5.32 Å². The lowest BCUT2D eigenvalue weighted by Crippen LogP contribution is -2.18. The number of rotatable bonds is 5. The highest BCUT2D eigenvalue weighted by Crippen LogP contribution is 2.25. The van der Waals surface area contributed by atoms with Crippen molar-refractivity contribution in [2.24, 2.45) is 0 Å². The molecule has 0 saturated heterocycles. The molecule has 1 heterocycles. The van der Waals surface area contributed by atoms with Gasteiger partial charge in [0.25, 0.3) is 0 Å². The summed E-state index contributed by atoms with van der Waals surface area (Å²) in [4.78, 5) is 0. The maximum atomic E-state index is 5.90. The Bertz CT molecular complexity index is 489. The minimum absolute atomic E-state index is 0.266. The molecule has 0 aliphatic heterocycles. The molecule has 0 saturated carbocycles. The highest BCUT2D eigenvalue weighted by molar-refractivity contribution is 14.1. The molecule has 18 heavy (non-hydrogen) atoms. The molecule has 0 bridgehead atoms. The van der Waals surface area contributed by atoms with Gasteiger partial charge in [-0.2, -0.15) is 0 Å². The fourth-order valence-electron chi connectivity index (χ4n) is 1.82. The maximum absolute atomic E-state index is 5.90. The van der Waals surface area contributed by atoms with Crippen LogP contribution in [0.25, 0.3) is 11.3 Å². The van der Waals surface area contributed by atoms with E-state index in [4.69, 9.17) is 4.42 Å². The minimum atomic E-state index is 0.266. The predicted molar refractivity (Wildman–Crippen MR) is 83.6 cm³/mol. The zero-order chi connectivity index (χ0) is 13.0. The second-order valence-electron chi connectivity index (χ2n) is 4.38. The van der Waals surface area contributed by atoms with E-state index in [9.17, 15) is 0 Å². The van der Waals surface area contributed by atoms with E-state index in [0.717, 1.165) is 30.0 Å². The van der Waals surface area contributed by atoms with Gasteiger partial charge in [-0.3, -0.25) is 0 Å². The van der Waals surface area contributed by atoms with Gasteiger partial charge in [0.2, 0.25) is 0 Å². The third kappa shape index (κ3) is 3.36. The van der Waals surface area contributed by atoms with E-state index in [2.05, 4.69) is 72.1 Å². The van der Waals surface area contributed by atoms with Gasteiger partial charge in [0.05, 0.1) is 6.04 Å². The fraction of sp³-hybridized carbons (Fsp3) is 0.333. The molecule has 0 radical (unpaired) electrons. The second kappa shape index (κ2) is 6.38. The normalized spacial score (nSPS) is 12.6. The Labute approximate surface area is 122 Å². The number of hydrogen-bond donors (Lipinski definition) is 1. The quantitative estimate of drug-likeness (QED) is 0.793. The van der Waals surface area contributed by atoms with Crippen LogP contribution in [0.4, 0.5) is 0 Å². The zero-order valence-corrected chi connectivity index (χ0v) is 12.9. The molecule has 1 atom stereocenters. The van der Waals surface area contributed by atoms with E-state index in [1.807, 2.05) is 6.07 Å². The van der Waals surface area contributed by atoms with Crippen molar-refractivity contribution in [2.45, 2.75) is 26.3 Å². The SMILES string of the molecule is CCCNC(C)c1ccc(-c2ccc(I)cc2)o1. The van der Waals surface area contributed by atoms with Gasteiger partial charge in [0.1, 0.15) is 11.5 Å². The number of nitrogens with one attached hydrogen (secondary N) is 1. The summed E-state index contributed by atoms with van der Waals surface area (Å²) < 4.78 is 7.14. The average Bonchev–Trinajstić information content (AvgIpc) is 2.86. The van der Waals surface area contributed by atoms with Gasteiger partial charge >= 0.3 is 0 Å². The summed E-state index contributed by atoms with van der Waals surface area (Å²) in [7, 11) is 0. The van der Waals surface area contributed by atoms with Gasteiger partial charge < -0.3 is 9.73 Å². The Morgan fingerprint density at radius 3 is 2.56 bits per heavy atom. The molecule has 1 unspecified atom stereocenters. The van der Waals surface area contributed by atoms with Crippen LogP contribution >= 0.6 is 22.6 Å². The van der Waals surface area contributed by atoms with E-state index in [0.29, 0.717) is 0 Å². The highest BCUT2D eigenvalue weighted by atomic mass is 127. The summed E-state index contributed by atoms with van der Waals surface area (Å²) in [6, 6.07) is 12.7. The molecule has 0 amide bonds. The Balaban J connectivity index is 2.12. The lowest BCUT2D eigenvalue weighted by Gasteiger charge is -2.09. The minimum Gasteiger partial charge on any atom is -0.459 e. The molecule has 0 aliphatic carbocycles. The van der Waals surface area contributed by atoms with E-state index < -0.39 is 0 Å².